The SMILES string of the molecule is NNC(CC1CCSCC1)CC1CCCc2ccccc21. The second-order valence-electron chi connectivity index (χ2n) is 6.68. The van der Waals surface area contributed by atoms with Gasteiger partial charge in [0, 0.05) is 6.04 Å². The summed E-state index contributed by atoms with van der Waals surface area (Å²) < 4.78 is 0. The Morgan fingerprint density at radius 1 is 1.14 bits per heavy atom. The summed E-state index contributed by atoms with van der Waals surface area (Å²) >= 11 is 2.11. The van der Waals surface area contributed by atoms with Crippen molar-refractivity contribution in [3.63, 3.8) is 0 Å². The molecule has 1 saturated heterocycles. The molecule has 1 aromatic rings. The molecule has 3 N–H and O–H groups in total. The second kappa shape index (κ2) is 7.66. The summed E-state index contributed by atoms with van der Waals surface area (Å²) in [5.74, 6) is 10.1. The molecule has 0 bridgehead atoms. The van der Waals surface area contributed by atoms with Gasteiger partial charge in [-0.1, -0.05) is 24.3 Å². The number of fused-ring (bicyclic) bond motifs is 1. The lowest BCUT2D eigenvalue weighted by Crippen LogP contribution is -2.38. The van der Waals surface area contributed by atoms with Crippen LogP contribution in [0, 0.1) is 5.92 Å². The van der Waals surface area contributed by atoms with Crippen molar-refractivity contribution in [2.75, 3.05) is 11.5 Å². The summed E-state index contributed by atoms with van der Waals surface area (Å²) in [6.45, 7) is 0. The van der Waals surface area contributed by atoms with E-state index in [0.29, 0.717) is 12.0 Å². The number of hydrazine groups is 1. The third-order valence-electron chi connectivity index (χ3n) is 5.26. The summed E-state index contributed by atoms with van der Waals surface area (Å²) in [4.78, 5) is 0. The zero-order valence-corrected chi connectivity index (χ0v) is 13.7. The van der Waals surface area contributed by atoms with Gasteiger partial charge in [-0.05, 0) is 79.4 Å². The van der Waals surface area contributed by atoms with Gasteiger partial charge in [0.05, 0.1) is 0 Å². The Balaban J connectivity index is 1.61. The van der Waals surface area contributed by atoms with Crippen LogP contribution in [0.1, 0.15) is 55.6 Å². The van der Waals surface area contributed by atoms with Gasteiger partial charge < -0.3 is 0 Å². The van der Waals surface area contributed by atoms with Gasteiger partial charge in [0.2, 0.25) is 0 Å². The molecule has 2 unspecified atom stereocenters. The molecule has 0 spiro atoms. The van der Waals surface area contributed by atoms with Crippen LogP contribution >= 0.6 is 11.8 Å². The minimum atomic E-state index is 0.481. The maximum Gasteiger partial charge on any atom is 0.0219 e. The zero-order valence-electron chi connectivity index (χ0n) is 12.9. The number of benzene rings is 1. The average molecular weight is 305 g/mol. The molecular formula is C18H28N2S. The molecule has 21 heavy (non-hydrogen) atoms. The van der Waals surface area contributed by atoms with Crippen molar-refractivity contribution in [2.45, 2.75) is 56.9 Å². The van der Waals surface area contributed by atoms with Gasteiger partial charge in [0.15, 0.2) is 0 Å². The molecule has 116 valence electrons. The van der Waals surface area contributed by atoms with Crippen LogP contribution in [-0.4, -0.2) is 17.5 Å². The third-order valence-corrected chi connectivity index (χ3v) is 6.31. The Morgan fingerprint density at radius 2 is 1.95 bits per heavy atom. The molecule has 0 aromatic heterocycles. The van der Waals surface area contributed by atoms with Gasteiger partial charge in [-0.15, -0.1) is 0 Å². The first-order valence-electron chi connectivity index (χ1n) is 8.48. The predicted octanol–water partition coefficient (Wildman–Crippen LogP) is 3.86. The minimum Gasteiger partial charge on any atom is -0.271 e. The van der Waals surface area contributed by atoms with Gasteiger partial charge >= 0.3 is 0 Å². The van der Waals surface area contributed by atoms with Crippen molar-refractivity contribution < 1.29 is 0 Å². The molecule has 0 saturated carbocycles. The fourth-order valence-corrected chi connectivity index (χ4v) is 5.26. The van der Waals surface area contributed by atoms with Crippen molar-refractivity contribution in [3.05, 3.63) is 35.4 Å². The Labute approximate surface area is 133 Å². The fourth-order valence-electron chi connectivity index (χ4n) is 4.06. The predicted molar refractivity (Wildman–Crippen MR) is 92.5 cm³/mol. The van der Waals surface area contributed by atoms with Crippen LogP contribution in [0.3, 0.4) is 0 Å². The first-order valence-corrected chi connectivity index (χ1v) is 9.64. The smallest absolute Gasteiger partial charge is 0.0219 e. The van der Waals surface area contributed by atoms with E-state index in [2.05, 4.69) is 41.5 Å². The average Bonchev–Trinajstić information content (AvgIpc) is 2.55. The molecule has 3 rings (SSSR count). The molecule has 1 aliphatic heterocycles. The summed E-state index contributed by atoms with van der Waals surface area (Å²) in [5.41, 5.74) is 6.28. The maximum absolute atomic E-state index is 5.87. The van der Waals surface area contributed by atoms with Crippen LogP contribution in [0.15, 0.2) is 24.3 Å². The number of thioether (sulfide) groups is 1. The summed E-state index contributed by atoms with van der Waals surface area (Å²) in [6, 6.07) is 9.50. The summed E-state index contributed by atoms with van der Waals surface area (Å²) in [6.07, 6.45) is 9.14. The molecule has 0 radical (unpaired) electrons. The van der Waals surface area contributed by atoms with E-state index in [1.807, 2.05) is 0 Å². The van der Waals surface area contributed by atoms with E-state index in [9.17, 15) is 0 Å². The normalized spacial score (nSPS) is 24.5. The van der Waals surface area contributed by atoms with Crippen molar-refractivity contribution in [3.8, 4) is 0 Å². The number of nitrogens with one attached hydrogen (secondary N) is 1. The monoisotopic (exact) mass is 304 g/mol. The molecule has 1 aliphatic carbocycles. The van der Waals surface area contributed by atoms with Crippen molar-refractivity contribution >= 4 is 11.8 Å². The number of hydrogen-bond acceptors (Lipinski definition) is 3. The topological polar surface area (TPSA) is 38.0 Å². The largest absolute Gasteiger partial charge is 0.271 e. The number of rotatable bonds is 5. The number of aryl methyl sites for hydroxylation is 1. The summed E-state index contributed by atoms with van der Waals surface area (Å²) in [7, 11) is 0. The first-order chi connectivity index (χ1) is 10.4. The van der Waals surface area contributed by atoms with Crippen LogP contribution in [0.2, 0.25) is 0 Å². The Bertz CT molecular complexity index is 443. The highest BCUT2D eigenvalue weighted by Gasteiger charge is 2.25. The Kier molecular flexibility index (Phi) is 5.61. The van der Waals surface area contributed by atoms with Crippen molar-refractivity contribution in [2.24, 2.45) is 11.8 Å². The molecule has 1 fully saturated rings. The van der Waals surface area contributed by atoms with Crippen LogP contribution < -0.4 is 11.3 Å². The van der Waals surface area contributed by atoms with Crippen LogP contribution in [0.4, 0.5) is 0 Å². The molecule has 1 aromatic carbocycles. The zero-order chi connectivity index (χ0) is 14.5. The highest BCUT2D eigenvalue weighted by atomic mass is 32.2. The molecule has 2 nitrogen and oxygen atoms in total. The van der Waals surface area contributed by atoms with Crippen LogP contribution in [-0.2, 0) is 6.42 Å². The lowest BCUT2D eigenvalue weighted by molar-refractivity contribution is 0.328. The lowest BCUT2D eigenvalue weighted by atomic mass is 9.78. The van der Waals surface area contributed by atoms with E-state index in [-0.39, 0.29) is 0 Å². The van der Waals surface area contributed by atoms with E-state index < -0.39 is 0 Å². The summed E-state index contributed by atoms with van der Waals surface area (Å²) in [5, 5.41) is 0. The van der Waals surface area contributed by atoms with E-state index in [4.69, 9.17) is 5.84 Å². The number of nitrogens with two attached hydrogens (primary N) is 1. The molecule has 1 heterocycles. The Morgan fingerprint density at radius 3 is 2.76 bits per heavy atom. The highest BCUT2D eigenvalue weighted by molar-refractivity contribution is 7.99. The van der Waals surface area contributed by atoms with E-state index in [0.717, 1.165) is 5.92 Å². The minimum absolute atomic E-state index is 0.481. The van der Waals surface area contributed by atoms with Crippen molar-refractivity contribution in [1.82, 2.24) is 5.43 Å². The lowest BCUT2D eigenvalue weighted by Gasteiger charge is -2.31. The van der Waals surface area contributed by atoms with Crippen LogP contribution in [0.5, 0.6) is 0 Å². The quantitative estimate of drug-likeness (QED) is 0.641. The highest BCUT2D eigenvalue weighted by Crippen LogP contribution is 2.36. The first kappa shape index (κ1) is 15.4. The molecule has 2 aliphatic rings. The standard InChI is InChI=1S/C18H28N2S/c19-20-17(12-14-8-10-21-11-9-14)13-16-6-3-5-15-4-1-2-7-18(15)16/h1-2,4,7,14,16-17,20H,3,5-6,8-13,19H2. The van der Waals surface area contributed by atoms with Gasteiger partial charge in [-0.25, -0.2) is 0 Å². The van der Waals surface area contributed by atoms with Crippen molar-refractivity contribution in [1.29, 1.82) is 0 Å². The molecule has 2 atom stereocenters. The Hall–Kier alpha value is -0.510. The fraction of sp³-hybridized carbons (Fsp3) is 0.667. The molecular weight excluding hydrogens is 276 g/mol. The van der Waals surface area contributed by atoms with E-state index in [1.54, 1.807) is 11.1 Å². The molecule has 3 heteroatoms. The van der Waals surface area contributed by atoms with E-state index >= 15 is 0 Å². The second-order valence-corrected chi connectivity index (χ2v) is 7.90. The van der Waals surface area contributed by atoms with E-state index in [1.165, 1.54) is 56.5 Å². The number of hydrogen-bond donors (Lipinski definition) is 2. The maximum atomic E-state index is 5.87. The van der Waals surface area contributed by atoms with Gasteiger partial charge in [0.1, 0.15) is 0 Å². The van der Waals surface area contributed by atoms with Gasteiger partial charge in [-0.2, -0.15) is 11.8 Å². The van der Waals surface area contributed by atoms with Gasteiger partial charge in [-0.3, -0.25) is 11.3 Å². The van der Waals surface area contributed by atoms with Gasteiger partial charge in [0.25, 0.3) is 0 Å². The van der Waals surface area contributed by atoms with Crippen LogP contribution in [0.25, 0.3) is 0 Å². The molecule has 0 amide bonds. The third kappa shape index (κ3) is 4.02.